The van der Waals surface area contributed by atoms with E-state index in [1.807, 2.05) is 24.3 Å². The molecule has 8 N–H and O–H groups in total. The number of aliphatic hydroxyl groups is 1. The lowest BCUT2D eigenvalue weighted by atomic mass is 10.0. The lowest BCUT2D eigenvalue weighted by Crippen LogP contribution is -2.56. The molecule has 0 aliphatic carbocycles. The van der Waals surface area contributed by atoms with Crippen LogP contribution >= 0.6 is 0 Å². The normalized spacial score (nSPS) is 14.9. The average molecular weight is 434 g/mol. The zero-order chi connectivity index (χ0) is 23.1. The standard InChI is InChI=1S/C20H26N4O7/c1-10(25)17(20(30)31)24-19(29)15(6-7-16(26)27)23-18(28)13(21)8-11-9-22-14-5-3-2-4-12(11)14/h2-5,9-10,13,15,17,22,25H,6-8,21H2,1H3,(H,23,28)(H,24,29)(H,26,27)(H,30,31)/t10-,13+,15+,17+/m1/s1. The van der Waals surface area contributed by atoms with Crippen molar-refractivity contribution in [3.8, 4) is 0 Å². The number of carboxylic acids is 2. The van der Waals surface area contributed by atoms with E-state index in [1.54, 1.807) is 6.20 Å². The number of hydrogen-bond donors (Lipinski definition) is 7. The number of nitrogens with one attached hydrogen (secondary N) is 3. The number of H-pyrrole nitrogens is 1. The van der Waals surface area contributed by atoms with E-state index in [2.05, 4.69) is 15.6 Å². The molecule has 0 spiro atoms. The smallest absolute Gasteiger partial charge is 0.328 e. The van der Waals surface area contributed by atoms with Gasteiger partial charge in [0.05, 0.1) is 12.1 Å². The number of hydrogen-bond acceptors (Lipinski definition) is 6. The minimum Gasteiger partial charge on any atom is -0.481 e. The fourth-order valence-corrected chi connectivity index (χ4v) is 3.09. The molecule has 168 valence electrons. The SMILES string of the molecule is C[C@@H](O)[C@H](NC(=O)[C@H](CCC(=O)O)NC(=O)[C@@H](N)Cc1c[nH]c2ccccc12)C(=O)O. The second kappa shape index (κ2) is 10.5. The zero-order valence-electron chi connectivity index (χ0n) is 16.9. The van der Waals surface area contributed by atoms with E-state index in [0.29, 0.717) is 0 Å². The molecule has 2 amide bonds. The average Bonchev–Trinajstić information content (AvgIpc) is 3.11. The summed E-state index contributed by atoms with van der Waals surface area (Å²) in [6.07, 6.45) is -0.232. The van der Waals surface area contributed by atoms with Crippen LogP contribution in [-0.2, 0) is 25.6 Å². The van der Waals surface area contributed by atoms with Crippen LogP contribution in [0.3, 0.4) is 0 Å². The molecule has 0 unspecified atom stereocenters. The Morgan fingerprint density at radius 3 is 2.39 bits per heavy atom. The lowest BCUT2D eigenvalue weighted by Gasteiger charge is -2.23. The van der Waals surface area contributed by atoms with Crippen molar-refractivity contribution < 1.29 is 34.5 Å². The molecule has 0 aliphatic heterocycles. The first-order valence-electron chi connectivity index (χ1n) is 9.64. The summed E-state index contributed by atoms with van der Waals surface area (Å²) in [7, 11) is 0. The van der Waals surface area contributed by atoms with Gasteiger partial charge >= 0.3 is 11.9 Å². The Bertz CT molecular complexity index is 956. The first kappa shape index (κ1) is 23.8. The summed E-state index contributed by atoms with van der Waals surface area (Å²) in [5.74, 6) is -4.29. The highest BCUT2D eigenvalue weighted by molar-refractivity contribution is 5.92. The van der Waals surface area contributed by atoms with Crippen LogP contribution in [0.25, 0.3) is 10.9 Å². The van der Waals surface area contributed by atoms with E-state index >= 15 is 0 Å². The minimum atomic E-state index is -1.61. The number of benzene rings is 1. The summed E-state index contributed by atoms with van der Waals surface area (Å²) in [5, 5.41) is 33.0. The maximum absolute atomic E-state index is 12.6. The fourth-order valence-electron chi connectivity index (χ4n) is 3.09. The van der Waals surface area contributed by atoms with E-state index in [9.17, 15) is 24.3 Å². The van der Waals surface area contributed by atoms with Crippen LogP contribution in [0.2, 0.25) is 0 Å². The molecule has 2 rings (SSSR count). The van der Waals surface area contributed by atoms with Crippen LogP contribution in [-0.4, -0.2) is 68.3 Å². The van der Waals surface area contributed by atoms with Gasteiger partial charge in [0.15, 0.2) is 6.04 Å². The van der Waals surface area contributed by atoms with Gasteiger partial charge in [0.25, 0.3) is 0 Å². The molecule has 4 atom stereocenters. The maximum atomic E-state index is 12.6. The number of fused-ring (bicyclic) bond motifs is 1. The maximum Gasteiger partial charge on any atom is 0.328 e. The summed E-state index contributed by atoms with van der Waals surface area (Å²) >= 11 is 0. The highest BCUT2D eigenvalue weighted by Gasteiger charge is 2.30. The van der Waals surface area contributed by atoms with Gasteiger partial charge < -0.3 is 36.7 Å². The van der Waals surface area contributed by atoms with Crippen molar-refractivity contribution in [2.45, 2.75) is 50.4 Å². The van der Waals surface area contributed by atoms with Crippen molar-refractivity contribution in [2.75, 3.05) is 0 Å². The number of rotatable bonds is 11. The number of aliphatic carboxylic acids is 2. The van der Waals surface area contributed by atoms with Gasteiger partial charge in [-0.2, -0.15) is 0 Å². The molecule has 0 saturated heterocycles. The lowest BCUT2D eigenvalue weighted by molar-refractivity contribution is -0.145. The molecule has 0 aliphatic rings. The third kappa shape index (κ3) is 6.52. The Hall–Kier alpha value is -3.44. The predicted octanol–water partition coefficient (Wildman–Crippen LogP) is -0.662. The van der Waals surface area contributed by atoms with E-state index in [-0.39, 0.29) is 12.8 Å². The number of carboxylic acid groups (broad SMARTS) is 2. The number of para-hydroxylation sites is 1. The van der Waals surface area contributed by atoms with Gasteiger partial charge in [-0.15, -0.1) is 0 Å². The molecule has 1 heterocycles. The van der Waals surface area contributed by atoms with Crippen molar-refractivity contribution in [3.63, 3.8) is 0 Å². The van der Waals surface area contributed by atoms with Crippen molar-refractivity contribution >= 4 is 34.7 Å². The molecule has 0 fully saturated rings. The zero-order valence-corrected chi connectivity index (χ0v) is 16.9. The highest BCUT2D eigenvalue weighted by atomic mass is 16.4. The molecule has 31 heavy (non-hydrogen) atoms. The highest BCUT2D eigenvalue weighted by Crippen LogP contribution is 2.18. The van der Waals surface area contributed by atoms with Gasteiger partial charge in [-0.1, -0.05) is 18.2 Å². The summed E-state index contributed by atoms with van der Waals surface area (Å²) in [6.45, 7) is 1.18. The Kier molecular flexibility index (Phi) is 8.11. The van der Waals surface area contributed by atoms with Gasteiger partial charge in [0.1, 0.15) is 6.04 Å². The molecule has 0 saturated carbocycles. The topological polar surface area (TPSA) is 195 Å². The molecule has 1 aromatic heterocycles. The number of carbonyl (C=O) groups is 4. The van der Waals surface area contributed by atoms with Crippen LogP contribution in [0.15, 0.2) is 30.5 Å². The second-order valence-corrected chi connectivity index (χ2v) is 7.23. The molecule has 11 heteroatoms. The number of nitrogens with two attached hydrogens (primary N) is 1. The first-order chi connectivity index (χ1) is 14.6. The van der Waals surface area contributed by atoms with Crippen LogP contribution in [0.1, 0.15) is 25.3 Å². The van der Waals surface area contributed by atoms with Crippen LogP contribution in [0, 0.1) is 0 Å². The summed E-state index contributed by atoms with van der Waals surface area (Å²) in [6, 6.07) is 3.47. The van der Waals surface area contributed by atoms with E-state index < -0.39 is 54.4 Å². The van der Waals surface area contributed by atoms with Crippen molar-refractivity contribution in [3.05, 3.63) is 36.0 Å². The van der Waals surface area contributed by atoms with Crippen LogP contribution in [0.4, 0.5) is 0 Å². The van der Waals surface area contributed by atoms with E-state index in [4.69, 9.17) is 15.9 Å². The minimum absolute atomic E-state index is 0.161. The third-order valence-electron chi connectivity index (χ3n) is 4.78. The quantitative estimate of drug-likeness (QED) is 0.242. The Labute approximate surface area is 177 Å². The van der Waals surface area contributed by atoms with E-state index in [0.717, 1.165) is 16.5 Å². The van der Waals surface area contributed by atoms with Gasteiger partial charge in [-0.3, -0.25) is 14.4 Å². The van der Waals surface area contributed by atoms with Crippen LogP contribution in [0.5, 0.6) is 0 Å². The molecule has 0 bridgehead atoms. The van der Waals surface area contributed by atoms with Gasteiger partial charge in [-0.05, 0) is 31.4 Å². The molecule has 0 radical (unpaired) electrons. The monoisotopic (exact) mass is 434 g/mol. The molecular weight excluding hydrogens is 408 g/mol. The first-order valence-corrected chi connectivity index (χ1v) is 9.64. The summed E-state index contributed by atoms with van der Waals surface area (Å²) in [5.41, 5.74) is 7.67. The van der Waals surface area contributed by atoms with Gasteiger partial charge in [0.2, 0.25) is 11.8 Å². The third-order valence-corrected chi connectivity index (χ3v) is 4.78. The number of carbonyl (C=O) groups excluding carboxylic acids is 2. The number of aliphatic hydroxyl groups excluding tert-OH is 1. The van der Waals surface area contributed by atoms with Crippen molar-refractivity contribution in [2.24, 2.45) is 5.73 Å². The van der Waals surface area contributed by atoms with Crippen molar-refractivity contribution in [1.29, 1.82) is 0 Å². The number of amides is 2. The molecule has 2 aromatic rings. The fraction of sp³-hybridized carbons (Fsp3) is 0.400. The summed E-state index contributed by atoms with van der Waals surface area (Å²) < 4.78 is 0. The van der Waals surface area contributed by atoms with E-state index in [1.165, 1.54) is 6.92 Å². The largest absolute Gasteiger partial charge is 0.481 e. The Balaban J connectivity index is 2.09. The number of aromatic amines is 1. The molecule has 11 nitrogen and oxygen atoms in total. The Morgan fingerprint density at radius 2 is 1.77 bits per heavy atom. The molecule has 1 aromatic carbocycles. The predicted molar refractivity (Wildman–Crippen MR) is 110 cm³/mol. The second-order valence-electron chi connectivity index (χ2n) is 7.23. The van der Waals surface area contributed by atoms with Crippen LogP contribution < -0.4 is 16.4 Å². The van der Waals surface area contributed by atoms with Gasteiger partial charge in [-0.25, -0.2) is 4.79 Å². The van der Waals surface area contributed by atoms with Crippen molar-refractivity contribution in [1.82, 2.24) is 15.6 Å². The Morgan fingerprint density at radius 1 is 1.10 bits per heavy atom. The molecular formula is C20H26N4O7. The number of aromatic nitrogens is 1. The van der Waals surface area contributed by atoms with Gasteiger partial charge in [0, 0.05) is 23.5 Å². The summed E-state index contributed by atoms with van der Waals surface area (Å²) in [4.78, 5) is 50.3.